The van der Waals surface area contributed by atoms with Gasteiger partial charge in [0.25, 0.3) is 0 Å². The van der Waals surface area contributed by atoms with E-state index in [2.05, 4.69) is 49.4 Å². The molecule has 0 spiro atoms. The van der Waals surface area contributed by atoms with Crippen LogP contribution < -0.4 is 10.6 Å². The lowest BCUT2D eigenvalue weighted by molar-refractivity contribution is 0.126. The van der Waals surface area contributed by atoms with Gasteiger partial charge in [0.1, 0.15) is 15.4 Å². The Morgan fingerprint density at radius 3 is 2.59 bits per heavy atom. The van der Waals surface area contributed by atoms with E-state index in [-0.39, 0.29) is 11.5 Å². The number of nitrogens with zero attached hydrogens (tertiary/aromatic N) is 4. The van der Waals surface area contributed by atoms with E-state index < -0.39 is 0 Å². The number of aliphatic hydroxyl groups excluding tert-OH is 1. The zero-order chi connectivity index (χ0) is 22.7. The van der Waals surface area contributed by atoms with Crippen LogP contribution in [0.3, 0.4) is 0 Å². The number of thiazole rings is 1. The molecule has 3 heterocycles. The van der Waals surface area contributed by atoms with Crippen molar-refractivity contribution in [3.8, 4) is 0 Å². The van der Waals surface area contributed by atoms with E-state index >= 15 is 0 Å². The number of hydrogen-bond acceptors (Lipinski definition) is 8. The summed E-state index contributed by atoms with van der Waals surface area (Å²) in [7, 11) is 0. The van der Waals surface area contributed by atoms with Crippen molar-refractivity contribution >= 4 is 27.6 Å². The Morgan fingerprint density at radius 1 is 1.12 bits per heavy atom. The van der Waals surface area contributed by atoms with E-state index in [1.807, 2.05) is 12.1 Å². The number of aliphatic hydroxyl groups is 1. The Labute approximate surface area is 194 Å². The summed E-state index contributed by atoms with van der Waals surface area (Å²) in [6.07, 6.45) is 5.81. The first-order valence-electron chi connectivity index (χ1n) is 11.5. The first-order valence-corrected chi connectivity index (χ1v) is 12.3. The fourth-order valence-electron chi connectivity index (χ4n) is 3.81. The maximum atomic E-state index is 9.81. The Hall–Kier alpha value is -2.16. The second kappa shape index (κ2) is 9.77. The Bertz CT molecular complexity index is 1010. The maximum absolute atomic E-state index is 9.81. The molecule has 3 aromatic heterocycles. The minimum absolute atomic E-state index is 0.174. The van der Waals surface area contributed by atoms with Crippen molar-refractivity contribution in [2.75, 3.05) is 5.32 Å². The number of rotatable bonds is 7. The summed E-state index contributed by atoms with van der Waals surface area (Å²) in [5.41, 5.74) is 3.04. The minimum atomic E-state index is -0.174. The first-order chi connectivity index (χ1) is 15.3. The zero-order valence-corrected chi connectivity index (χ0v) is 20.2. The van der Waals surface area contributed by atoms with Gasteiger partial charge in [-0.25, -0.2) is 19.9 Å². The van der Waals surface area contributed by atoms with Crippen LogP contribution in [-0.4, -0.2) is 43.2 Å². The highest BCUT2D eigenvalue weighted by atomic mass is 32.1. The molecular weight excluding hydrogens is 420 g/mol. The highest BCUT2D eigenvalue weighted by Crippen LogP contribution is 2.24. The first kappa shape index (κ1) is 23.0. The number of pyridine rings is 1. The van der Waals surface area contributed by atoms with Crippen LogP contribution in [0.4, 0.5) is 5.95 Å². The number of aromatic nitrogens is 4. The van der Waals surface area contributed by atoms with E-state index in [0.29, 0.717) is 31.0 Å². The lowest BCUT2D eigenvalue weighted by Gasteiger charge is -2.28. The number of nitrogens with one attached hydrogen (secondary N) is 2. The van der Waals surface area contributed by atoms with Gasteiger partial charge >= 0.3 is 0 Å². The van der Waals surface area contributed by atoms with Crippen LogP contribution in [0.1, 0.15) is 69.8 Å². The molecule has 3 aromatic rings. The molecule has 32 heavy (non-hydrogen) atoms. The van der Waals surface area contributed by atoms with Crippen molar-refractivity contribution < 1.29 is 5.11 Å². The highest BCUT2D eigenvalue weighted by Gasteiger charge is 2.22. The molecule has 4 rings (SSSR count). The lowest BCUT2D eigenvalue weighted by Crippen LogP contribution is -2.37. The molecule has 1 saturated carbocycles. The minimum Gasteiger partial charge on any atom is -0.393 e. The van der Waals surface area contributed by atoms with Crippen LogP contribution in [0.15, 0.2) is 24.4 Å². The van der Waals surface area contributed by atoms with Crippen LogP contribution in [-0.2, 0) is 13.0 Å². The second-order valence-corrected chi connectivity index (χ2v) is 11.0. The van der Waals surface area contributed by atoms with Crippen molar-refractivity contribution in [3.05, 3.63) is 40.8 Å². The van der Waals surface area contributed by atoms with E-state index in [4.69, 9.17) is 15.0 Å². The summed E-state index contributed by atoms with van der Waals surface area (Å²) >= 11 is 1.61. The summed E-state index contributed by atoms with van der Waals surface area (Å²) in [5.74, 6) is 0.670. The van der Waals surface area contributed by atoms with Gasteiger partial charge in [0.05, 0.1) is 17.5 Å². The summed E-state index contributed by atoms with van der Waals surface area (Å²) in [6.45, 7) is 9.61. The summed E-state index contributed by atoms with van der Waals surface area (Å²) in [5, 5.41) is 18.0. The molecule has 1 fully saturated rings. The molecule has 0 saturated heterocycles. The van der Waals surface area contributed by atoms with E-state index in [9.17, 15) is 5.11 Å². The molecule has 1 unspecified atom stereocenters. The number of fused-ring (bicyclic) bond motifs is 1. The molecule has 1 aliphatic rings. The molecule has 172 valence electrons. The third-order valence-electron chi connectivity index (χ3n) is 6.29. The molecule has 8 heteroatoms. The monoisotopic (exact) mass is 454 g/mol. The summed E-state index contributed by atoms with van der Waals surface area (Å²) in [4.78, 5) is 19.7. The third kappa shape index (κ3) is 5.99. The normalized spacial score (nSPS) is 20.4. The van der Waals surface area contributed by atoms with E-state index in [1.54, 1.807) is 17.5 Å². The number of hydrogen-bond donors (Lipinski definition) is 3. The average Bonchev–Trinajstić information content (AvgIpc) is 3.15. The molecule has 3 N–H and O–H groups in total. The molecule has 0 aliphatic heterocycles. The van der Waals surface area contributed by atoms with Gasteiger partial charge in [-0.3, -0.25) is 0 Å². The van der Waals surface area contributed by atoms with Crippen LogP contribution in [0, 0.1) is 5.41 Å². The van der Waals surface area contributed by atoms with Crippen molar-refractivity contribution in [2.45, 2.75) is 84.5 Å². The quantitative estimate of drug-likeness (QED) is 0.489. The third-order valence-corrected chi connectivity index (χ3v) is 7.27. The molecule has 0 radical (unpaired) electrons. The van der Waals surface area contributed by atoms with Gasteiger partial charge in [0, 0.05) is 31.2 Å². The Balaban J connectivity index is 1.54. The summed E-state index contributed by atoms with van der Waals surface area (Å²) < 4.78 is 0. The standard InChI is InChI=1S/C24H34N6OS/c1-15(24(2,3)4)26-14-18-12-17(13-21-30-20-6-5-11-25-22(20)32-21)28-23(29-18)27-16-7-9-19(31)10-8-16/h5-6,11-12,15-16,19,26,31H,7-10,13-14H2,1-4H3,(H,27,28,29). The molecule has 7 nitrogen and oxygen atoms in total. The molecule has 1 aliphatic carbocycles. The highest BCUT2D eigenvalue weighted by molar-refractivity contribution is 7.18. The molecule has 0 aromatic carbocycles. The average molecular weight is 455 g/mol. The fourth-order valence-corrected chi connectivity index (χ4v) is 4.73. The van der Waals surface area contributed by atoms with Gasteiger partial charge in [-0.2, -0.15) is 0 Å². The van der Waals surface area contributed by atoms with E-state index in [0.717, 1.165) is 52.4 Å². The topological polar surface area (TPSA) is 95.9 Å². The zero-order valence-electron chi connectivity index (χ0n) is 19.4. The summed E-state index contributed by atoms with van der Waals surface area (Å²) in [6, 6.07) is 6.65. The van der Waals surface area contributed by atoms with Crippen LogP contribution in [0.2, 0.25) is 0 Å². The van der Waals surface area contributed by atoms with Crippen LogP contribution in [0.25, 0.3) is 10.3 Å². The van der Waals surface area contributed by atoms with Gasteiger partial charge in [-0.1, -0.05) is 32.1 Å². The SMILES string of the molecule is CC(NCc1cc(Cc2nc3cccnc3s2)nc(NC2CCC(O)CC2)n1)C(C)(C)C. The lowest BCUT2D eigenvalue weighted by atomic mass is 9.88. The molecule has 1 atom stereocenters. The number of anilines is 1. The fraction of sp³-hybridized carbons (Fsp3) is 0.583. The van der Waals surface area contributed by atoms with Crippen LogP contribution in [0.5, 0.6) is 0 Å². The van der Waals surface area contributed by atoms with E-state index in [1.165, 1.54) is 0 Å². The Morgan fingerprint density at radius 2 is 1.88 bits per heavy atom. The van der Waals surface area contributed by atoms with Crippen molar-refractivity contribution in [1.29, 1.82) is 0 Å². The maximum Gasteiger partial charge on any atom is 0.223 e. The van der Waals surface area contributed by atoms with Crippen molar-refractivity contribution in [2.24, 2.45) is 5.41 Å². The van der Waals surface area contributed by atoms with Crippen molar-refractivity contribution in [1.82, 2.24) is 25.3 Å². The van der Waals surface area contributed by atoms with Crippen molar-refractivity contribution in [3.63, 3.8) is 0 Å². The predicted octanol–water partition coefficient (Wildman–Crippen LogP) is 4.31. The predicted molar refractivity (Wildman–Crippen MR) is 130 cm³/mol. The van der Waals surface area contributed by atoms with Gasteiger partial charge < -0.3 is 15.7 Å². The molecular formula is C24H34N6OS. The van der Waals surface area contributed by atoms with Gasteiger partial charge in [0.15, 0.2) is 0 Å². The molecule has 0 amide bonds. The van der Waals surface area contributed by atoms with Gasteiger partial charge in [-0.15, -0.1) is 0 Å². The smallest absolute Gasteiger partial charge is 0.223 e. The molecule has 0 bridgehead atoms. The Kier molecular flexibility index (Phi) is 7.02. The second-order valence-electron chi connectivity index (χ2n) is 9.90. The van der Waals surface area contributed by atoms with Gasteiger partial charge in [-0.05, 0) is 56.2 Å². The van der Waals surface area contributed by atoms with Gasteiger partial charge in [0.2, 0.25) is 5.95 Å². The largest absolute Gasteiger partial charge is 0.393 e. The van der Waals surface area contributed by atoms with Crippen LogP contribution >= 0.6 is 11.3 Å².